The Morgan fingerprint density at radius 2 is 1.72 bits per heavy atom. The van der Waals surface area contributed by atoms with Gasteiger partial charge in [0.1, 0.15) is 17.7 Å². The predicted molar refractivity (Wildman–Crippen MR) is 69.0 cm³/mol. The molecular weight excluding hydrogens is 304 g/mol. The SMILES string of the molecule is Nc1ccc(Br)cc1C(O)c1c(F)cccc1F. The molecule has 2 nitrogen and oxygen atoms in total. The van der Waals surface area contributed by atoms with Crippen LogP contribution in [0.25, 0.3) is 0 Å². The van der Waals surface area contributed by atoms with Crippen molar-refractivity contribution in [3.8, 4) is 0 Å². The number of anilines is 1. The number of halogens is 3. The highest BCUT2D eigenvalue weighted by molar-refractivity contribution is 9.10. The standard InChI is InChI=1S/C13H10BrF2NO/c14-7-4-5-11(17)8(6-7)13(18)12-9(15)2-1-3-10(12)16/h1-6,13,18H,17H2. The molecule has 0 heterocycles. The molecule has 0 radical (unpaired) electrons. The summed E-state index contributed by atoms with van der Waals surface area (Å²) >= 11 is 3.22. The fourth-order valence-corrected chi connectivity index (χ4v) is 2.09. The summed E-state index contributed by atoms with van der Waals surface area (Å²) in [7, 11) is 0. The Labute approximate surface area is 111 Å². The molecule has 0 fully saturated rings. The van der Waals surface area contributed by atoms with Gasteiger partial charge in [-0.25, -0.2) is 8.78 Å². The number of hydrogen-bond donors (Lipinski definition) is 2. The van der Waals surface area contributed by atoms with Gasteiger partial charge in [0.25, 0.3) is 0 Å². The summed E-state index contributed by atoms with van der Waals surface area (Å²) in [5.74, 6) is -1.61. The Morgan fingerprint density at radius 3 is 2.33 bits per heavy atom. The van der Waals surface area contributed by atoms with Gasteiger partial charge in [-0.05, 0) is 30.3 Å². The maximum absolute atomic E-state index is 13.6. The molecule has 1 atom stereocenters. The van der Waals surface area contributed by atoms with Crippen molar-refractivity contribution in [3.63, 3.8) is 0 Å². The van der Waals surface area contributed by atoms with E-state index in [2.05, 4.69) is 15.9 Å². The first-order valence-corrected chi connectivity index (χ1v) is 5.97. The molecule has 2 rings (SSSR count). The average molecular weight is 314 g/mol. The molecule has 0 aliphatic carbocycles. The predicted octanol–water partition coefficient (Wildman–Crippen LogP) is 3.39. The van der Waals surface area contributed by atoms with Crippen molar-refractivity contribution in [1.82, 2.24) is 0 Å². The van der Waals surface area contributed by atoms with E-state index in [9.17, 15) is 13.9 Å². The number of benzene rings is 2. The molecule has 3 N–H and O–H groups in total. The summed E-state index contributed by atoms with van der Waals surface area (Å²) in [4.78, 5) is 0. The van der Waals surface area contributed by atoms with E-state index in [1.165, 1.54) is 12.1 Å². The summed E-state index contributed by atoms with van der Waals surface area (Å²) in [6.45, 7) is 0. The molecule has 0 aliphatic heterocycles. The lowest BCUT2D eigenvalue weighted by Crippen LogP contribution is -2.08. The topological polar surface area (TPSA) is 46.2 Å². The van der Waals surface area contributed by atoms with Crippen molar-refractivity contribution >= 4 is 21.6 Å². The zero-order chi connectivity index (χ0) is 13.3. The van der Waals surface area contributed by atoms with Crippen LogP contribution in [0.5, 0.6) is 0 Å². The molecule has 1 unspecified atom stereocenters. The third kappa shape index (κ3) is 2.37. The van der Waals surface area contributed by atoms with Gasteiger partial charge >= 0.3 is 0 Å². The number of hydrogen-bond acceptors (Lipinski definition) is 2. The second kappa shape index (κ2) is 5.04. The van der Waals surface area contributed by atoms with Crippen molar-refractivity contribution < 1.29 is 13.9 Å². The molecule has 0 aromatic heterocycles. The van der Waals surface area contributed by atoms with E-state index in [-0.39, 0.29) is 11.3 Å². The van der Waals surface area contributed by atoms with Gasteiger partial charge in [0.2, 0.25) is 0 Å². The molecule has 0 saturated carbocycles. The minimum Gasteiger partial charge on any atom is -0.398 e. The van der Waals surface area contributed by atoms with Crippen LogP contribution < -0.4 is 5.73 Å². The molecule has 0 bridgehead atoms. The van der Waals surface area contributed by atoms with Crippen LogP contribution in [-0.4, -0.2) is 5.11 Å². The van der Waals surface area contributed by atoms with E-state index in [0.717, 1.165) is 12.1 Å². The van der Waals surface area contributed by atoms with E-state index in [1.54, 1.807) is 12.1 Å². The van der Waals surface area contributed by atoms with E-state index >= 15 is 0 Å². The van der Waals surface area contributed by atoms with Gasteiger partial charge in [0.15, 0.2) is 0 Å². The molecule has 2 aromatic rings. The first-order valence-electron chi connectivity index (χ1n) is 5.17. The van der Waals surface area contributed by atoms with Crippen LogP contribution in [0, 0.1) is 11.6 Å². The first kappa shape index (κ1) is 13.0. The third-order valence-corrected chi connectivity index (χ3v) is 3.11. The van der Waals surface area contributed by atoms with E-state index in [1.807, 2.05) is 0 Å². The van der Waals surface area contributed by atoms with Gasteiger partial charge in [0.05, 0.1) is 5.56 Å². The summed E-state index contributed by atoms with van der Waals surface area (Å²) < 4.78 is 27.8. The summed E-state index contributed by atoms with van der Waals surface area (Å²) in [6, 6.07) is 8.20. The van der Waals surface area contributed by atoms with Crippen LogP contribution in [-0.2, 0) is 0 Å². The Kier molecular flexibility index (Phi) is 3.63. The van der Waals surface area contributed by atoms with Gasteiger partial charge in [-0.3, -0.25) is 0 Å². The zero-order valence-electron chi connectivity index (χ0n) is 9.20. The molecule has 0 saturated heterocycles. The van der Waals surface area contributed by atoms with Crippen LogP contribution in [0.15, 0.2) is 40.9 Å². The van der Waals surface area contributed by atoms with E-state index in [4.69, 9.17) is 5.73 Å². The number of nitrogen functional groups attached to an aromatic ring is 1. The molecule has 5 heteroatoms. The Bertz CT molecular complexity index is 569. The second-order valence-corrected chi connectivity index (χ2v) is 4.73. The minimum atomic E-state index is -1.44. The van der Waals surface area contributed by atoms with Gasteiger partial charge in [-0.15, -0.1) is 0 Å². The number of aliphatic hydroxyl groups is 1. The molecule has 0 amide bonds. The lowest BCUT2D eigenvalue weighted by Gasteiger charge is -2.15. The number of nitrogens with two attached hydrogens (primary N) is 1. The molecule has 18 heavy (non-hydrogen) atoms. The van der Waals surface area contributed by atoms with E-state index < -0.39 is 23.3 Å². The number of aliphatic hydroxyl groups excluding tert-OH is 1. The van der Waals surface area contributed by atoms with Gasteiger partial charge < -0.3 is 10.8 Å². The fraction of sp³-hybridized carbons (Fsp3) is 0.0769. The Balaban J connectivity index is 2.54. The van der Waals surface area contributed by atoms with Crippen molar-refractivity contribution in [2.75, 3.05) is 5.73 Å². The average Bonchev–Trinajstić information content (AvgIpc) is 2.32. The zero-order valence-corrected chi connectivity index (χ0v) is 10.8. The van der Waals surface area contributed by atoms with Gasteiger partial charge in [-0.1, -0.05) is 22.0 Å². The van der Waals surface area contributed by atoms with E-state index in [0.29, 0.717) is 4.47 Å². The van der Waals surface area contributed by atoms with Crippen molar-refractivity contribution in [2.24, 2.45) is 0 Å². The fourth-order valence-electron chi connectivity index (χ4n) is 1.71. The van der Waals surface area contributed by atoms with Crippen LogP contribution in [0.3, 0.4) is 0 Å². The second-order valence-electron chi connectivity index (χ2n) is 3.81. The lowest BCUT2D eigenvalue weighted by molar-refractivity contribution is 0.209. The highest BCUT2D eigenvalue weighted by atomic mass is 79.9. The molecule has 0 spiro atoms. The van der Waals surface area contributed by atoms with Gasteiger partial charge in [-0.2, -0.15) is 0 Å². The van der Waals surface area contributed by atoms with Crippen LogP contribution >= 0.6 is 15.9 Å². The Morgan fingerprint density at radius 1 is 1.11 bits per heavy atom. The van der Waals surface area contributed by atoms with Crippen LogP contribution in [0.4, 0.5) is 14.5 Å². The smallest absolute Gasteiger partial charge is 0.132 e. The monoisotopic (exact) mass is 313 g/mol. The molecular formula is C13H10BrF2NO. The third-order valence-electron chi connectivity index (χ3n) is 2.62. The molecule has 2 aromatic carbocycles. The largest absolute Gasteiger partial charge is 0.398 e. The quantitative estimate of drug-likeness (QED) is 0.835. The van der Waals surface area contributed by atoms with Crippen molar-refractivity contribution in [2.45, 2.75) is 6.10 Å². The normalized spacial score (nSPS) is 12.4. The van der Waals surface area contributed by atoms with Crippen molar-refractivity contribution in [1.29, 1.82) is 0 Å². The summed E-state index contributed by atoms with van der Waals surface area (Å²) in [5, 5.41) is 10.1. The minimum absolute atomic E-state index is 0.258. The lowest BCUT2D eigenvalue weighted by atomic mass is 9.99. The molecule has 94 valence electrons. The maximum atomic E-state index is 13.6. The van der Waals surface area contributed by atoms with Gasteiger partial charge in [0, 0.05) is 15.7 Å². The van der Waals surface area contributed by atoms with Crippen molar-refractivity contribution in [3.05, 3.63) is 63.6 Å². The highest BCUT2D eigenvalue weighted by Gasteiger charge is 2.21. The van der Waals surface area contributed by atoms with Crippen LogP contribution in [0.2, 0.25) is 0 Å². The van der Waals surface area contributed by atoms with Crippen LogP contribution in [0.1, 0.15) is 17.2 Å². The maximum Gasteiger partial charge on any atom is 0.132 e. The summed E-state index contributed by atoms with van der Waals surface area (Å²) in [6.07, 6.45) is -1.44. The highest BCUT2D eigenvalue weighted by Crippen LogP contribution is 2.31. The first-order chi connectivity index (χ1) is 8.50. The summed E-state index contributed by atoms with van der Waals surface area (Å²) in [5.41, 5.74) is 5.83. The Hall–Kier alpha value is -1.46. The molecule has 0 aliphatic rings. The number of rotatable bonds is 2.